The van der Waals surface area contributed by atoms with Gasteiger partial charge in [0.15, 0.2) is 0 Å². The van der Waals surface area contributed by atoms with Crippen LogP contribution in [0.5, 0.6) is 5.75 Å². The molecule has 10 heteroatoms. The summed E-state index contributed by atoms with van der Waals surface area (Å²) in [5.74, 6) is 0.332. The SMILES string of the molecule is CC1(C)CN(CCCOc2cc3ncnc(Nc4ccc(F)c(Cl)c4)c3cc2N)CC(=O)O1. The summed E-state index contributed by atoms with van der Waals surface area (Å²) in [5, 5.41) is 3.82. The summed E-state index contributed by atoms with van der Waals surface area (Å²) >= 11 is 5.87. The Hall–Kier alpha value is -3.17. The molecule has 0 unspecified atom stereocenters. The van der Waals surface area contributed by atoms with Crippen LogP contribution in [0, 0.1) is 5.82 Å². The number of anilines is 3. The van der Waals surface area contributed by atoms with Crippen molar-refractivity contribution in [1.82, 2.24) is 14.9 Å². The lowest BCUT2D eigenvalue weighted by molar-refractivity contribution is -0.169. The van der Waals surface area contributed by atoms with Crippen molar-refractivity contribution in [2.75, 3.05) is 37.3 Å². The van der Waals surface area contributed by atoms with Gasteiger partial charge in [-0.3, -0.25) is 9.69 Å². The highest BCUT2D eigenvalue weighted by Crippen LogP contribution is 2.32. The van der Waals surface area contributed by atoms with Gasteiger partial charge in [-0.15, -0.1) is 0 Å². The highest BCUT2D eigenvalue weighted by atomic mass is 35.5. The first kappa shape index (κ1) is 23.0. The Kier molecular flexibility index (Phi) is 6.53. The fourth-order valence-corrected chi connectivity index (χ4v) is 3.99. The summed E-state index contributed by atoms with van der Waals surface area (Å²) < 4.78 is 24.7. The minimum absolute atomic E-state index is 0.0126. The van der Waals surface area contributed by atoms with Gasteiger partial charge in [-0.25, -0.2) is 14.4 Å². The summed E-state index contributed by atoms with van der Waals surface area (Å²) in [4.78, 5) is 22.4. The zero-order chi connectivity index (χ0) is 23.6. The number of nitrogens with zero attached hydrogens (tertiary/aromatic N) is 3. The zero-order valence-electron chi connectivity index (χ0n) is 18.4. The summed E-state index contributed by atoms with van der Waals surface area (Å²) in [5.41, 5.74) is 7.42. The number of nitrogens with two attached hydrogens (primary N) is 1. The Morgan fingerprint density at radius 2 is 2.12 bits per heavy atom. The number of fused-ring (bicyclic) bond motifs is 1. The molecule has 0 bridgehead atoms. The van der Waals surface area contributed by atoms with E-state index in [-0.39, 0.29) is 17.5 Å². The minimum atomic E-state index is -0.496. The molecule has 1 aliphatic rings. The van der Waals surface area contributed by atoms with Crippen LogP contribution in [-0.2, 0) is 9.53 Å². The van der Waals surface area contributed by atoms with Crippen LogP contribution in [0.25, 0.3) is 10.9 Å². The predicted molar refractivity (Wildman–Crippen MR) is 125 cm³/mol. The molecule has 3 aromatic rings. The molecule has 174 valence electrons. The van der Waals surface area contributed by atoms with E-state index in [0.29, 0.717) is 53.5 Å². The average molecular weight is 474 g/mol. The molecule has 33 heavy (non-hydrogen) atoms. The van der Waals surface area contributed by atoms with Crippen molar-refractivity contribution in [2.45, 2.75) is 25.9 Å². The number of esters is 1. The van der Waals surface area contributed by atoms with Gasteiger partial charge in [0.2, 0.25) is 0 Å². The predicted octanol–water partition coefficient (Wildman–Crippen LogP) is 4.15. The monoisotopic (exact) mass is 473 g/mol. The number of carbonyl (C=O) groups excluding carboxylic acids is 1. The van der Waals surface area contributed by atoms with Crippen molar-refractivity contribution in [2.24, 2.45) is 0 Å². The molecule has 0 atom stereocenters. The molecular weight excluding hydrogens is 449 g/mol. The number of nitrogens with one attached hydrogen (secondary N) is 1. The van der Waals surface area contributed by atoms with Crippen molar-refractivity contribution < 1.29 is 18.7 Å². The van der Waals surface area contributed by atoms with E-state index < -0.39 is 11.4 Å². The molecule has 1 aliphatic heterocycles. The third-order valence-electron chi connectivity index (χ3n) is 5.17. The van der Waals surface area contributed by atoms with Crippen LogP contribution in [0.2, 0.25) is 5.02 Å². The normalized spacial score (nSPS) is 15.9. The van der Waals surface area contributed by atoms with E-state index in [4.69, 9.17) is 26.8 Å². The Morgan fingerprint density at radius 3 is 2.88 bits per heavy atom. The van der Waals surface area contributed by atoms with E-state index in [1.165, 1.54) is 18.5 Å². The standard InChI is InChI=1S/C23H25ClFN5O3/c1-23(2)12-30(11-21(31)33-23)6-3-7-32-20-10-19-15(9-18(20)26)22(28-13-27-19)29-14-4-5-17(25)16(24)8-14/h4-5,8-10,13H,3,6-7,11-12,26H2,1-2H3,(H,27,28,29). The number of halogens is 2. The number of nitrogen functional groups attached to an aromatic ring is 1. The first-order valence-corrected chi connectivity index (χ1v) is 10.9. The average Bonchev–Trinajstić information content (AvgIpc) is 2.73. The maximum atomic E-state index is 13.4. The number of morpholine rings is 1. The van der Waals surface area contributed by atoms with Crippen molar-refractivity contribution in [3.05, 3.63) is 47.5 Å². The Bertz CT molecular complexity index is 1190. The largest absolute Gasteiger partial charge is 0.491 e. The van der Waals surface area contributed by atoms with E-state index in [0.717, 1.165) is 6.42 Å². The molecule has 1 fully saturated rings. The van der Waals surface area contributed by atoms with Gasteiger partial charge >= 0.3 is 5.97 Å². The van der Waals surface area contributed by atoms with E-state index in [1.54, 1.807) is 18.2 Å². The quantitative estimate of drug-likeness (QED) is 0.299. The summed E-state index contributed by atoms with van der Waals surface area (Å²) in [7, 11) is 0. The lowest BCUT2D eigenvalue weighted by Crippen LogP contribution is -2.51. The molecule has 8 nitrogen and oxygen atoms in total. The summed E-state index contributed by atoms with van der Waals surface area (Å²) in [6.07, 6.45) is 2.15. The zero-order valence-corrected chi connectivity index (χ0v) is 19.2. The molecule has 0 saturated carbocycles. The molecule has 2 aromatic carbocycles. The highest BCUT2D eigenvalue weighted by molar-refractivity contribution is 6.31. The second kappa shape index (κ2) is 9.36. The Balaban J connectivity index is 1.41. The Labute approximate surface area is 195 Å². The number of carbonyl (C=O) groups is 1. The van der Waals surface area contributed by atoms with Crippen LogP contribution < -0.4 is 15.8 Å². The van der Waals surface area contributed by atoms with Crippen molar-refractivity contribution in [3.63, 3.8) is 0 Å². The molecule has 4 rings (SSSR count). The number of hydrogen-bond acceptors (Lipinski definition) is 8. The van der Waals surface area contributed by atoms with Crippen LogP contribution in [0.15, 0.2) is 36.7 Å². The number of benzene rings is 2. The lowest BCUT2D eigenvalue weighted by Gasteiger charge is -2.37. The van der Waals surface area contributed by atoms with Crippen LogP contribution in [0.3, 0.4) is 0 Å². The van der Waals surface area contributed by atoms with Crippen molar-refractivity contribution >= 4 is 45.7 Å². The van der Waals surface area contributed by atoms with Gasteiger partial charge in [0.25, 0.3) is 0 Å². The fourth-order valence-electron chi connectivity index (χ4n) is 3.81. The van der Waals surface area contributed by atoms with Gasteiger partial charge in [-0.1, -0.05) is 11.6 Å². The van der Waals surface area contributed by atoms with Gasteiger partial charge in [0.1, 0.15) is 29.3 Å². The van der Waals surface area contributed by atoms with Crippen LogP contribution in [-0.4, -0.2) is 52.7 Å². The minimum Gasteiger partial charge on any atom is -0.491 e. The second-order valence-electron chi connectivity index (χ2n) is 8.53. The fraction of sp³-hybridized carbons (Fsp3) is 0.348. The number of hydrogen-bond donors (Lipinski definition) is 2. The first-order valence-electron chi connectivity index (χ1n) is 10.5. The van der Waals surface area contributed by atoms with Crippen LogP contribution in [0.1, 0.15) is 20.3 Å². The Morgan fingerprint density at radius 1 is 1.30 bits per heavy atom. The third kappa shape index (κ3) is 5.61. The number of rotatable bonds is 7. The van der Waals surface area contributed by atoms with E-state index >= 15 is 0 Å². The molecule has 1 aromatic heterocycles. The number of cyclic esters (lactones) is 1. The molecule has 2 heterocycles. The molecule has 1 saturated heterocycles. The smallest absolute Gasteiger partial charge is 0.320 e. The van der Waals surface area contributed by atoms with Crippen LogP contribution >= 0.6 is 11.6 Å². The van der Waals surface area contributed by atoms with Gasteiger partial charge < -0.3 is 20.5 Å². The third-order valence-corrected chi connectivity index (χ3v) is 5.46. The highest BCUT2D eigenvalue weighted by Gasteiger charge is 2.32. The second-order valence-corrected chi connectivity index (χ2v) is 8.94. The first-order chi connectivity index (χ1) is 15.7. The van der Waals surface area contributed by atoms with Crippen LogP contribution in [0.4, 0.5) is 21.6 Å². The number of aromatic nitrogens is 2. The summed E-state index contributed by atoms with van der Waals surface area (Å²) in [6, 6.07) is 7.83. The molecule has 0 radical (unpaired) electrons. The lowest BCUT2D eigenvalue weighted by atomic mass is 10.1. The maximum Gasteiger partial charge on any atom is 0.320 e. The molecule has 0 amide bonds. The molecule has 0 aliphatic carbocycles. The molecule has 0 spiro atoms. The number of ether oxygens (including phenoxy) is 2. The summed E-state index contributed by atoms with van der Waals surface area (Å²) in [6.45, 7) is 5.92. The molecular formula is C23H25ClFN5O3. The maximum absolute atomic E-state index is 13.4. The van der Waals surface area contributed by atoms with E-state index in [1.807, 2.05) is 13.8 Å². The van der Waals surface area contributed by atoms with Gasteiger partial charge in [-0.2, -0.15) is 0 Å². The topological polar surface area (TPSA) is 103 Å². The van der Waals surface area contributed by atoms with Crippen molar-refractivity contribution in [3.8, 4) is 5.75 Å². The van der Waals surface area contributed by atoms with Gasteiger partial charge in [-0.05, 0) is 44.5 Å². The van der Waals surface area contributed by atoms with Gasteiger partial charge in [0.05, 0.1) is 29.4 Å². The molecule has 3 N–H and O–H groups in total. The van der Waals surface area contributed by atoms with Gasteiger partial charge in [0, 0.05) is 30.2 Å². The van der Waals surface area contributed by atoms with E-state index in [9.17, 15) is 9.18 Å². The van der Waals surface area contributed by atoms with E-state index in [2.05, 4.69) is 20.2 Å². The van der Waals surface area contributed by atoms with Crippen molar-refractivity contribution in [1.29, 1.82) is 0 Å².